The number of nitrogens with zero attached hydrogens (tertiary/aromatic N) is 3. The summed E-state index contributed by atoms with van der Waals surface area (Å²) < 4.78 is 12.0. The molecule has 0 radical (unpaired) electrons. The third-order valence-corrected chi connectivity index (χ3v) is 5.25. The summed E-state index contributed by atoms with van der Waals surface area (Å²) in [5.41, 5.74) is 3.32. The lowest BCUT2D eigenvalue weighted by Gasteiger charge is -2.38. The fraction of sp³-hybridized carbons (Fsp3) is 0.471. The molecule has 0 aromatic carbocycles. The molecule has 4 rings (SSSR count). The highest BCUT2D eigenvalue weighted by molar-refractivity contribution is 7.07. The molecule has 0 spiro atoms. The van der Waals surface area contributed by atoms with E-state index in [1.165, 1.54) is 11.3 Å². The summed E-state index contributed by atoms with van der Waals surface area (Å²) in [5.74, 6) is 0.00401. The second-order valence-corrected chi connectivity index (χ2v) is 6.78. The van der Waals surface area contributed by atoms with E-state index in [-0.39, 0.29) is 24.2 Å². The second-order valence-electron chi connectivity index (χ2n) is 6.06. The van der Waals surface area contributed by atoms with Gasteiger partial charge in [-0.3, -0.25) is 9.78 Å². The number of thiazole rings is 1. The van der Waals surface area contributed by atoms with Crippen LogP contribution in [0.2, 0.25) is 0 Å². The maximum Gasteiger partial charge on any atom is 0.273 e. The van der Waals surface area contributed by atoms with Crippen LogP contribution in [0, 0.1) is 0 Å². The van der Waals surface area contributed by atoms with Crippen molar-refractivity contribution in [3.05, 3.63) is 46.7 Å². The summed E-state index contributed by atoms with van der Waals surface area (Å²) in [6.07, 6.45) is 5.31. The molecule has 0 N–H and O–H groups in total. The summed E-state index contributed by atoms with van der Waals surface area (Å²) in [6.45, 7) is 1.71. The van der Waals surface area contributed by atoms with Gasteiger partial charge in [-0.2, -0.15) is 0 Å². The van der Waals surface area contributed by atoms with Crippen LogP contribution < -0.4 is 0 Å². The summed E-state index contributed by atoms with van der Waals surface area (Å²) >= 11 is 1.44. The van der Waals surface area contributed by atoms with E-state index in [0.29, 0.717) is 25.5 Å². The van der Waals surface area contributed by atoms with Gasteiger partial charge in [0.05, 0.1) is 30.9 Å². The number of morpholine rings is 1. The number of hydrogen-bond acceptors (Lipinski definition) is 6. The Balaban J connectivity index is 1.42. The zero-order chi connectivity index (χ0) is 16.4. The number of hydrogen-bond donors (Lipinski definition) is 0. The second kappa shape index (κ2) is 6.96. The van der Waals surface area contributed by atoms with Crippen molar-refractivity contribution < 1.29 is 14.3 Å². The minimum absolute atomic E-state index is 0.00401. The van der Waals surface area contributed by atoms with Crippen LogP contribution in [0.4, 0.5) is 0 Å². The van der Waals surface area contributed by atoms with E-state index < -0.39 is 0 Å². The van der Waals surface area contributed by atoms with Crippen molar-refractivity contribution in [2.75, 3.05) is 13.2 Å². The molecule has 2 fully saturated rings. The normalized spacial score (nSPS) is 26.3. The molecule has 126 valence electrons. The lowest BCUT2D eigenvalue weighted by molar-refractivity contribution is -0.108. The van der Waals surface area contributed by atoms with E-state index >= 15 is 0 Å². The largest absolute Gasteiger partial charge is 0.372 e. The Morgan fingerprint density at radius 3 is 3.04 bits per heavy atom. The van der Waals surface area contributed by atoms with Crippen LogP contribution in [-0.2, 0) is 16.1 Å². The molecule has 1 saturated heterocycles. The van der Waals surface area contributed by atoms with Crippen LogP contribution >= 0.6 is 11.3 Å². The first-order chi connectivity index (χ1) is 11.8. The quantitative estimate of drug-likeness (QED) is 0.849. The predicted octanol–water partition coefficient (Wildman–Crippen LogP) is 2.13. The van der Waals surface area contributed by atoms with Gasteiger partial charge in [0.15, 0.2) is 0 Å². The van der Waals surface area contributed by atoms with Crippen LogP contribution in [0.5, 0.6) is 0 Å². The molecule has 0 unspecified atom stereocenters. The van der Waals surface area contributed by atoms with E-state index in [4.69, 9.17) is 9.47 Å². The van der Waals surface area contributed by atoms with Crippen LogP contribution in [-0.4, -0.2) is 52.2 Å². The fourth-order valence-electron chi connectivity index (χ4n) is 3.49. The zero-order valence-corrected chi connectivity index (χ0v) is 14.0. The van der Waals surface area contributed by atoms with Crippen molar-refractivity contribution in [2.45, 2.75) is 37.7 Å². The van der Waals surface area contributed by atoms with Crippen molar-refractivity contribution in [1.82, 2.24) is 14.9 Å². The molecule has 1 amide bonds. The van der Waals surface area contributed by atoms with Gasteiger partial charge in [0, 0.05) is 24.3 Å². The molecule has 2 aliphatic rings. The van der Waals surface area contributed by atoms with Crippen LogP contribution in [0.3, 0.4) is 0 Å². The average Bonchev–Trinajstić information content (AvgIpc) is 3.30. The summed E-state index contributed by atoms with van der Waals surface area (Å²) in [5, 5.41) is 1.80. The minimum atomic E-state index is -0.0526. The standard InChI is InChI=1S/C17H19N3O3S/c21-17(13-10-24-11-19-13)20-7-8-22-16-14(20)1-2-15(16)23-9-12-3-5-18-6-4-12/h3-6,10-11,14-16H,1-2,7-9H2/t14-,15+,16+/m0/s1. The van der Waals surface area contributed by atoms with Gasteiger partial charge in [0.1, 0.15) is 11.8 Å². The van der Waals surface area contributed by atoms with Gasteiger partial charge in [0.2, 0.25) is 0 Å². The number of amides is 1. The number of carbonyl (C=O) groups excluding carboxylic acids is 1. The summed E-state index contributed by atoms with van der Waals surface area (Å²) in [6, 6.07) is 3.98. The minimum Gasteiger partial charge on any atom is -0.372 e. The topological polar surface area (TPSA) is 64.6 Å². The Morgan fingerprint density at radius 1 is 1.38 bits per heavy atom. The highest BCUT2D eigenvalue weighted by atomic mass is 32.1. The van der Waals surface area contributed by atoms with Gasteiger partial charge in [-0.05, 0) is 30.5 Å². The van der Waals surface area contributed by atoms with Gasteiger partial charge in [0.25, 0.3) is 5.91 Å². The summed E-state index contributed by atoms with van der Waals surface area (Å²) in [7, 11) is 0. The molecule has 2 aromatic heterocycles. The van der Waals surface area contributed by atoms with Gasteiger partial charge in [-0.25, -0.2) is 4.98 Å². The van der Waals surface area contributed by atoms with Crippen molar-refractivity contribution in [1.29, 1.82) is 0 Å². The molecule has 3 heterocycles. The van der Waals surface area contributed by atoms with Gasteiger partial charge < -0.3 is 14.4 Å². The van der Waals surface area contributed by atoms with Crippen LogP contribution in [0.1, 0.15) is 28.9 Å². The third kappa shape index (κ3) is 3.07. The van der Waals surface area contributed by atoms with Crippen molar-refractivity contribution in [2.24, 2.45) is 0 Å². The van der Waals surface area contributed by atoms with Crippen molar-refractivity contribution in [3.63, 3.8) is 0 Å². The Hall–Kier alpha value is -1.83. The van der Waals surface area contributed by atoms with E-state index in [9.17, 15) is 4.79 Å². The Morgan fingerprint density at radius 2 is 2.25 bits per heavy atom. The molecule has 0 bridgehead atoms. The molecule has 24 heavy (non-hydrogen) atoms. The predicted molar refractivity (Wildman–Crippen MR) is 88.7 cm³/mol. The number of ether oxygens (including phenoxy) is 2. The van der Waals surface area contributed by atoms with E-state index in [1.54, 1.807) is 23.3 Å². The molecule has 1 aliphatic carbocycles. The van der Waals surface area contributed by atoms with Gasteiger partial charge in [-0.15, -0.1) is 11.3 Å². The zero-order valence-electron chi connectivity index (χ0n) is 13.2. The molecule has 1 aliphatic heterocycles. The monoisotopic (exact) mass is 345 g/mol. The number of pyridine rings is 1. The average molecular weight is 345 g/mol. The first-order valence-electron chi connectivity index (χ1n) is 8.14. The highest BCUT2D eigenvalue weighted by Gasteiger charge is 2.45. The SMILES string of the molecule is O=C(c1cscn1)N1CCO[C@H]2[C@H](OCc3ccncc3)CC[C@@H]21. The van der Waals surface area contributed by atoms with Crippen LogP contribution in [0.25, 0.3) is 0 Å². The van der Waals surface area contributed by atoms with Crippen molar-refractivity contribution in [3.8, 4) is 0 Å². The lowest BCUT2D eigenvalue weighted by atomic mass is 10.1. The number of aromatic nitrogens is 2. The lowest BCUT2D eigenvalue weighted by Crippen LogP contribution is -2.53. The van der Waals surface area contributed by atoms with Crippen molar-refractivity contribution >= 4 is 17.2 Å². The Labute approximate surface area is 144 Å². The maximum atomic E-state index is 12.7. The molecule has 6 nitrogen and oxygen atoms in total. The first kappa shape index (κ1) is 15.7. The fourth-order valence-corrected chi connectivity index (χ4v) is 4.02. The molecule has 1 saturated carbocycles. The molecular formula is C17H19N3O3S. The van der Waals surface area contributed by atoms with Gasteiger partial charge in [-0.1, -0.05) is 0 Å². The smallest absolute Gasteiger partial charge is 0.273 e. The van der Waals surface area contributed by atoms with E-state index in [0.717, 1.165) is 18.4 Å². The number of rotatable bonds is 4. The van der Waals surface area contributed by atoms with E-state index in [2.05, 4.69) is 9.97 Å². The molecular weight excluding hydrogens is 326 g/mol. The number of carbonyl (C=O) groups is 1. The first-order valence-corrected chi connectivity index (χ1v) is 9.08. The van der Waals surface area contributed by atoms with E-state index in [1.807, 2.05) is 17.0 Å². The molecule has 3 atom stereocenters. The molecule has 2 aromatic rings. The summed E-state index contributed by atoms with van der Waals surface area (Å²) in [4.78, 5) is 22.7. The van der Waals surface area contributed by atoms with Crippen LogP contribution in [0.15, 0.2) is 35.4 Å². The number of fused-ring (bicyclic) bond motifs is 1. The highest BCUT2D eigenvalue weighted by Crippen LogP contribution is 2.33. The Bertz CT molecular complexity index is 680. The third-order valence-electron chi connectivity index (χ3n) is 4.66. The maximum absolute atomic E-state index is 12.7. The molecule has 7 heteroatoms. The van der Waals surface area contributed by atoms with Gasteiger partial charge >= 0.3 is 0 Å². The Kier molecular flexibility index (Phi) is 4.55.